The normalized spacial score (nSPS) is 18.1. The molecule has 0 aliphatic heterocycles. The Bertz CT molecular complexity index is 410. The van der Waals surface area contributed by atoms with Crippen LogP contribution in [0.4, 0.5) is 0 Å². The topological polar surface area (TPSA) is 12.0 Å². The number of halogens is 1. The third kappa shape index (κ3) is 4.60. The van der Waals surface area contributed by atoms with Gasteiger partial charge in [-0.1, -0.05) is 61.0 Å². The molecule has 112 valence electrons. The molecule has 0 aromatic heterocycles. The van der Waals surface area contributed by atoms with Crippen molar-refractivity contribution in [2.75, 3.05) is 6.54 Å². The van der Waals surface area contributed by atoms with Crippen LogP contribution in [0.5, 0.6) is 0 Å². The minimum absolute atomic E-state index is 0.533. The quantitative estimate of drug-likeness (QED) is 0.694. The lowest BCUT2D eigenvalue weighted by Gasteiger charge is -2.28. The lowest BCUT2D eigenvalue weighted by molar-refractivity contribution is 0.299. The van der Waals surface area contributed by atoms with Crippen LogP contribution in [0.3, 0.4) is 0 Å². The Kier molecular flexibility index (Phi) is 6.57. The zero-order chi connectivity index (χ0) is 14.4. The summed E-state index contributed by atoms with van der Waals surface area (Å²) in [6.07, 6.45) is 9.69. The molecular formula is C18H28BrN. The van der Waals surface area contributed by atoms with Crippen molar-refractivity contribution in [3.05, 3.63) is 33.8 Å². The Morgan fingerprint density at radius 3 is 2.65 bits per heavy atom. The first-order valence-corrected chi connectivity index (χ1v) is 8.99. The van der Waals surface area contributed by atoms with Gasteiger partial charge in [-0.3, -0.25) is 0 Å². The molecule has 0 spiro atoms. The molecule has 1 aliphatic rings. The van der Waals surface area contributed by atoms with E-state index in [0.717, 1.165) is 12.5 Å². The van der Waals surface area contributed by atoms with Crippen molar-refractivity contribution in [2.45, 2.75) is 64.8 Å². The number of benzene rings is 1. The predicted molar refractivity (Wildman–Crippen MR) is 91.1 cm³/mol. The summed E-state index contributed by atoms with van der Waals surface area (Å²) in [7, 11) is 0. The number of aryl methyl sites for hydroxylation is 1. The predicted octanol–water partition coefficient (Wildman–Crippen LogP) is 5.77. The monoisotopic (exact) mass is 337 g/mol. The van der Waals surface area contributed by atoms with E-state index >= 15 is 0 Å². The van der Waals surface area contributed by atoms with E-state index in [1.54, 1.807) is 0 Å². The minimum atomic E-state index is 0.533. The van der Waals surface area contributed by atoms with Gasteiger partial charge in [0.25, 0.3) is 0 Å². The highest BCUT2D eigenvalue weighted by molar-refractivity contribution is 9.10. The lowest BCUT2D eigenvalue weighted by Crippen LogP contribution is -2.26. The molecule has 0 heterocycles. The molecule has 0 bridgehead atoms. The molecule has 1 unspecified atom stereocenters. The molecule has 1 aromatic rings. The van der Waals surface area contributed by atoms with Gasteiger partial charge in [0.15, 0.2) is 0 Å². The van der Waals surface area contributed by atoms with E-state index in [2.05, 4.69) is 53.3 Å². The standard InChI is InChI=1S/C18H28BrN/c1-3-11-20-18(13-15-7-5-4-6-8-15)17-10-9-16(19)12-14(17)2/h9-10,12,15,18,20H,3-8,11,13H2,1-2H3. The average molecular weight is 338 g/mol. The van der Waals surface area contributed by atoms with Crippen molar-refractivity contribution in [2.24, 2.45) is 5.92 Å². The summed E-state index contributed by atoms with van der Waals surface area (Å²) in [6.45, 7) is 5.60. The molecule has 1 aliphatic carbocycles. The van der Waals surface area contributed by atoms with Gasteiger partial charge in [0, 0.05) is 10.5 Å². The van der Waals surface area contributed by atoms with Crippen LogP contribution in [0.15, 0.2) is 22.7 Å². The number of hydrogen-bond acceptors (Lipinski definition) is 1. The minimum Gasteiger partial charge on any atom is -0.310 e. The summed E-state index contributed by atoms with van der Waals surface area (Å²) < 4.78 is 1.19. The SMILES string of the molecule is CCCNC(CC1CCCCC1)c1ccc(Br)cc1C. The molecule has 2 heteroatoms. The first-order chi connectivity index (χ1) is 9.70. The molecule has 0 radical (unpaired) electrons. The molecular weight excluding hydrogens is 310 g/mol. The Morgan fingerprint density at radius 2 is 2.00 bits per heavy atom. The molecule has 2 rings (SSSR count). The van der Waals surface area contributed by atoms with E-state index in [1.807, 2.05) is 0 Å². The van der Waals surface area contributed by atoms with Crippen LogP contribution >= 0.6 is 15.9 Å². The maximum Gasteiger partial charge on any atom is 0.0325 e. The van der Waals surface area contributed by atoms with Crippen LogP contribution in [-0.2, 0) is 0 Å². The first kappa shape index (κ1) is 16.0. The third-order valence-corrected chi connectivity index (χ3v) is 5.04. The van der Waals surface area contributed by atoms with Crippen LogP contribution in [-0.4, -0.2) is 6.54 Å². The highest BCUT2D eigenvalue weighted by Crippen LogP contribution is 2.33. The van der Waals surface area contributed by atoms with Gasteiger partial charge >= 0.3 is 0 Å². The van der Waals surface area contributed by atoms with E-state index in [1.165, 1.54) is 60.5 Å². The largest absolute Gasteiger partial charge is 0.310 e. The molecule has 1 N–H and O–H groups in total. The summed E-state index contributed by atoms with van der Waals surface area (Å²) in [5.41, 5.74) is 2.90. The van der Waals surface area contributed by atoms with E-state index < -0.39 is 0 Å². The Hall–Kier alpha value is -0.340. The van der Waals surface area contributed by atoms with Gasteiger partial charge < -0.3 is 5.32 Å². The van der Waals surface area contributed by atoms with Crippen molar-refractivity contribution in [1.29, 1.82) is 0 Å². The zero-order valence-electron chi connectivity index (χ0n) is 12.9. The molecule has 1 aromatic carbocycles. The zero-order valence-corrected chi connectivity index (χ0v) is 14.5. The molecule has 1 saturated carbocycles. The van der Waals surface area contributed by atoms with Crippen molar-refractivity contribution in [3.63, 3.8) is 0 Å². The van der Waals surface area contributed by atoms with Crippen LogP contribution in [0.1, 0.15) is 69.0 Å². The molecule has 0 amide bonds. The lowest BCUT2D eigenvalue weighted by atomic mass is 9.82. The molecule has 0 saturated heterocycles. The van der Waals surface area contributed by atoms with Gasteiger partial charge in [-0.15, -0.1) is 0 Å². The van der Waals surface area contributed by atoms with Crippen LogP contribution < -0.4 is 5.32 Å². The fraction of sp³-hybridized carbons (Fsp3) is 0.667. The smallest absolute Gasteiger partial charge is 0.0325 e. The van der Waals surface area contributed by atoms with Gasteiger partial charge in [-0.25, -0.2) is 0 Å². The summed E-state index contributed by atoms with van der Waals surface area (Å²) in [6, 6.07) is 7.27. The molecule has 1 fully saturated rings. The van der Waals surface area contributed by atoms with E-state index in [0.29, 0.717) is 6.04 Å². The Balaban J connectivity index is 2.08. The van der Waals surface area contributed by atoms with Gasteiger partial charge in [0.1, 0.15) is 0 Å². The summed E-state index contributed by atoms with van der Waals surface area (Å²) in [4.78, 5) is 0. The maximum absolute atomic E-state index is 3.78. The maximum atomic E-state index is 3.78. The van der Waals surface area contributed by atoms with E-state index in [4.69, 9.17) is 0 Å². The fourth-order valence-corrected chi connectivity index (χ4v) is 3.90. The summed E-state index contributed by atoms with van der Waals surface area (Å²) in [5.74, 6) is 0.918. The van der Waals surface area contributed by atoms with Gasteiger partial charge in [0.05, 0.1) is 0 Å². The van der Waals surface area contributed by atoms with Crippen LogP contribution in [0.25, 0.3) is 0 Å². The van der Waals surface area contributed by atoms with Crippen molar-refractivity contribution >= 4 is 15.9 Å². The number of hydrogen-bond donors (Lipinski definition) is 1. The average Bonchev–Trinajstić information content (AvgIpc) is 2.45. The molecule has 1 nitrogen and oxygen atoms in total. The van der Waals surface area contributed by atoms with E-state index in [-0.39, 0.29) is 0 Å². The van der Waals surface area contributed by atoms with Crippen molar-refractivity contribution in [1.82, 2.24) is 5.32 Å². The van der Waals surface area contributed by atoms with Crippen molar-refractivity contribution < 1.29 is 0 Å². The van der Waals surface area contributed by atoms with Crippen LogP contribution in [0.2, 0.25) is 0 Å². The second-order valence-electron chi connectivity index (χ2n) is 6.25. The Morgan fingerprint density at radius 1 is 1.25 bits per heavy atom. The van der Waals surface area contributed by atoms with Gasteiger partial charge in [-0.05, 0) is 55.5 Å². The second-order valence-corrected chi connectivity index (χ2v) is 7.16. The van der Waals surface area contributed by atoms with E-state index in [9.17, 15) is 0 Å². The molecule has 20 heavy (non-hydrogen) atoms. The second kappa shape index (κ2) is 8.19. The first-order valence-electron chi connectivity index (χ1n) is 8.20. The van der Waals surface area contributed by atoms with Gasteiger partial charge in [0.2, 0.25) is 0 Å². The Labute approximate surface area is 132 Å². The number of nitrogens with one attached hydrogen (secondary N) is 1. The fourth-order valence-electron chi connectivity index (χ4n) is 3.43. The third-order valence-electron chi connectivity index (χ3n) is 4.54. The highest BCUT2D eigenvalue weighted by atomic mass is 79.9. The summed E-state index contributed by atoms with van der Waals surface area (Å²) >= 11 is 3.58. The number of rotatable bonds is 6. The highest BCUT2D eigenvalue weighted by Gasteiger charge is 2.20. The summed E-state index contributed by atoms with van der Waals surface area (Å²) in [5, 5.41) is 3.78. The van der Waals surface area contributed by atoms with Gasteiger partial charge in [-0.2, -0.15) is 0 Å². The van der Waals surface area contributed by atoms with Crippen LogP contribution in [0, 0.1) is 12.8 Å². The van der Waals surface area contributed by atoms with Crippen molar-refractivity contribution in [3.8, 4) is 0 Å². The molecule has 1 atom stereocenters.